The molecule has 51 heavy (non-hydrogen) atoms. The minimum absolute atomic E-state index is 0. The van der Waals surface area contributed by atoms with Gasteiger partial charge in [-0.1, -0.05) is 79.4 Å². The summed E-state index contributed by atoms with van der Waals surface area (Å²) < 4.78 is 4.35. The normalized spacial score (nSPS) is 10.5. The molecule has 4 aromatic carbocycles. The van der Waals surface area contributed by atoms with Crippen LogP contribution in [0.2, 0.25) is 0 Å². The van der Waals surface area contributed by atoms with Crippen molar-refractivity contribution < 1.29 is 24.7 Å². The van der Waals surface area contributed by atoms with E-state index in [4.69, 9.17) is 0 Å². The summed E-state index contributed by atoms with van der Waals surface area (Å²) in [4.78, 5) is 8.87. The van der Waals surface area contributed by atoms with E-state index < -0.39 is 0 Å². The number of hydrogen-bond donors (Lipinski definition) is 0. The average molecular weight is 842 g/mol. The van der Waals surface area contributed by atoms with E-state index in [2.05, 4.69) is 90.0 Å². The smallest absolute Gasteiger partial charge is 0.115 e. The van der Waals surface area contributed by atoms with Crippen LogP contribution < -0.4 is 4.57 Å². The van der Waals surface area contributed by atoms with Gasteiger partial charge in [0.2, 0.25) is 0 Å². The van der Waals surface area contributed by atoms with Gasteiger partial charge in [0.25, 0.3) is 0 Å². The van der Waals surface area contributed by atoms with E-state index in [9.17, 15) is 0 Å². The van der Waals surface area contributed by atoms with E-state index in [-0.39, 0.29) is 20.1 Å². The second-order valence-corrected chi connectivity index (χ2v) is 12.6. The van der Waals surface area contributed by atoms with E-state index >= 15 is 0 Å². The molecule has 0 atom stereocenters. The van der Waals surface area contributed by atoms with Gasteiger partial charge in [0, 0.05) is 51.1 Å². The average Bonchev–Trinajstić information content (AvgIpc) is 3.46. The van der Waals surface area contributed by atoms with E-state index in [1.807, 2.05) is 128 Å². The van der Waals surface area contributed by atoms with Gasteiger partial charge in [-0.05, 0) is 66.3 Å². The molecule has 0 unspecified atom stereocenters. The standard InChI is InChI=1S/C21H19N2.C13H12N.C12H10N.Ir/c1-15(2)14-23-20-9-4-3-7-17(20)18-11-10-16(13-21(18)23)19-8-5-6-12-22-19;1-11-7-6-10-13(14(11)2)12-8-4-3-5-9-12;1-10-6-5-9-12(13-10)11-7-3-2-4-8-11;/h3-9,11-13,15H,14H2,1-2H3;3-8,10H,2H2,1H3;2-7,9H,1H3;/q3*-1;. The topological polar surface area (TPSA) is 34.6 Å². The Balaban J connectivity index is 0.000000156. The molecule has 8 aromatic rings. The van der Waals surface area contributed by atoms with Gasteiger partial charge in [0.1, 0.15) is 5.69 Å². The molecular formula is C46H41IrN4-3. The maximum atomic E-state index is 4.46. The summed E-state index contributed by atoms with van der Waals surface area (Å²) in [7, 11) is 3.99. The summed E-state index contributed by atoms with van der Waals surface area (Å²) in [5, 5.41) is 2.56. The Bertz CT molecular complexity index is 2300. The van der Waals surface area contributed by atoms with Crippen molar-refractivity contribution in [2.45, 2.75) is 34.2 Å². The van der Waals surface area contributed by atoms with E-state index in [1.54, 1.807) is 0 Å². The first-order valence-electron chi connectivity index (χ1n) is 16.9. The molecule has 8 rings (SSSR count). The van der Waals surface area contributed by atoms with Crippen LogP contribution in [0.5, 0.6) is 0 Å². The fourth-order valence-electron chi connectivity index (χ4n) is 5.90. The molecule has 0 saturated heterocycles. The Morgan fingerprint density at radius 1 is 0.667 bits per heavy atom. The third kappa shape index (κ3) is 9.07. The number of rotatable bonds is 5. The molecule has 4 heterocycles. The maximum Gasteiger partial charge on any atom is 0.115 e. The largest absolute Gasteiger partial charge is 0.358 e. The number of aromatic nitrogens is 4. The van der Waals surface area contributed by atoms with Crippen molar-refractivity contribution in [1.29, 1.82) is 0 Å². The van der Waals surface area contributed by atoms with Gasteiger partial charge >= 0.3 is 0 Å². The third-order valence-corrected chi connectivity index (χ3v) is 8.36. The van der Waals surface area contributed by atoms with Crippen molar-refractivity contribution in [2.24, 2.45) is 5.92 Å². The number of pyridine rings is 3. The molecule has 257 valence electrons. The molecular weight excluding hydrogens is 801 g/mol. The molecule has 0 spiro atoms. The fraction of sp³-hybridized carbons (Fsp3) is 0.130. The van der Waals surface area contributed by atoms with Gasteiger partial charge < -0.3 is 19.1 Å². The SMILES string of the molecule is CC(C)Cn1c2ccccc2c2c[c-]c(-c3ccccn3)cc21.Cc1cccc(-c2[c-]cccc2)n1.[CH2-][n+]1c(C)cccc1-c1[c-]cccc1.[Ir]. The molecule has 5 heteroatoms. The quantitative estimate of drug-likeness (QED) is 0.128. The van der Waals surface area contributed by atoms with Crippen LogP contribution in [0.3, 0.4) is 0 Å². The monoisotopic (exact) mass is 842 g/mol. The second kappa shape index (κ2) is 17.5. The number of fused-ring (bicyclic) bond motifs is 3. The minimum Gasteiger partial charge on any atom is -0.358 e. The predicted molar refractivity (Wildman–Crippen MR) is 206 cm³/mol. The molecule has 0 N–H and O–H groups in total. The minimum atomic E-state index is 0. The Morgan fingerprint density at radius 2 is 1.35 bits per heavy atom. The third-order valence-electron chi connectivity index (χ3n) is 8.36. The summed E-state index contributed by atoms with van der Waals surface area (Å²) in [6.45, 7) is 9.56. The van der Waals surface area contributed by atoms with Crippen LogP contribution in [-0.4, -0.2) is 14.5 Å². The molecule has 0 aliphatic carbocycles. The summed E-state index contributed by atoms with van der Waals surface area (Å²) >= 11 is 0. The van der Waals surface area contributed by atoms with Gasteiger partial charge in [-0.3, -0.25) is 0 Å². The van der Waals surface area contributed by atoms with Gasteiger partial charge in [-0.15, -0.1) is 90.0 Å². The number of benzene rings is 4. The molecule has 0 amide bonds. The molecule has 1 radical (unpaired) electrons. The Labute approximate surface area is 315 Å². The van der Waals surface area contributed by atoms with Gasteiger partial charge in [-0.2, -0.15) is 0 Å². The summed E-state index contributed by atoms with van der Waals surface area (Å²) in [6.07, 6.45) is 1.83. The van der Waals surface area contributed by atoms with Crippen molar-refractivity contribution in [1.82, 2.24) is 14.5 Å². The predicted octanol–water partition coefficient (Wildman–Crippen LogP) is 10.6. The second-order valence-electron chi connectivity index (χ2n) is 12.6. The van der Waals surface area contributed by atoms with Crippen LogP contribution in [0.4, 0.5) is 0 Å². The maximum absolute atomic E-state index is 4.46. The van der Waals surface area contributed by atoms with Crippen LogP contribution >= 0.6 is 0 Å². The zero-order valence-corrected chi connectivity index (χ0v) is 31.9. The van der Waals surface area contributed by atoms with Gasteiger partial charge in [0.15, 0.2) is 0 Å². The first-order valence-corrected chi connectivity index (χ1v) is 16.9. The van der Waals surface area contributed by atoms with Crippen LogP contribution in [0.1, 0.15) is 25.2 Å². The number of hydrogen-bond acceptors (Lipinski definition) is 2. The number of nitrogens with zero attached hydrogens (tertiary/aromatic N) is 4. The van der Waals surface area contributed by atoms with E-state index in [0.717, 1.165) is 51.7 Å². The first kappa shape index (κ1) is 36.9. The summed E-state index contributed by atoms with van der Waals surface area (Å²) in [5.41, 5.74) is 10.9. The number of aryl methyl sites for hydroxylation is 2. The van der Waals surface area contributed by atoms with Crippen molar-refractivity contribution >= 4 is 21.8 Å². The Kier molecular flexibility index (Phi) is 12.7. The zero-order valence-electron chi connectivity index (χ0n) is 29.5. The molecule has 0 aliphatic rings. The number of para-hydroxylation sites is 1. The van der Waals surface area contributed by atoms with Crippen molar-refractivity contribution in [3.8, 4) is 33.8 Å². The van der Waals surface area contributed by atoms with E-state index in [0.29, 0.717) is 5.92 Å². The van der Waals surface area contributed by atoms with Crippen LogP contribution in [0, 0.1) is 45.0 Å². The molecule has 4 nitrogen and oxygen atoms in total. The van der Waals surface area contributed by atoms with E-state index in [1.165, 1.54) is 21.8 Å². The van der Waals surface area contributed by atoms with Crippen LogP contribution in [-0.2, 0) is 26.7 Å². The van der Waals surface area contributed by atoms with Gasteiger partial charge in [-0.25, -0.2) is 0 Å². The Morgan fingerprint density at radius 3 is 2.04 bits per heavy atom. The van der Waals surface area contributed by atoms with Crippen molar-refractivity contribution in [3.05, 3.63) is 182 Å². The molecule has 0 bridgehead atoms. The summed E-state index contributed by atoms with van der Waals surface area (Å²) in [6, 6.07) is 56.6. The summed E-state index contributed by atoms with van der Waals surface area (Å²) in [5.74, 6) is 0.594. The van der Waals surface area contributed by atoms with Crippen molar-refractivity contribution in [2.75, 3.05) is 0 Å². The molecule has 4 aromatic heterocycles. The molecule has 0 aliphatic heterocycles. The van der Waals surface area contributed by atoms with Crippen LogP contribution in [0.25, 0.3) is 55.6 Å². The fourth-order valence-corrected chi connectivity index (χ4v) is 5.90. The first-order chi connectivity index (χ1) is 24.4. The van der Waals surface area contributed by atoms with Gasteiger partial charge in [0.05, 0.1) is 5.69 Å². The zero-order chi connectivity index (χ0) is 34.9. The Hall–Kier alpha value is -5.35. The molecule has 0 fully saturated rings. The van der Waals surface area contributed by atoms with Crippen LogP contribution in [0.15, 0.2) is 146 Å². The molecule has 0 saturated carbocycles. The van der Waals surface area contributed by atoms with Crippen molar-refractivity contribution in [3.63, 3.8) is 0 Å².